The number of amides is 2. The van der Waals surface area contributed by atoms with Crippen molar-refractivity contribution in [1.82, 2.24) is 9.78 Å². The van der Waals surface area contributed by atoms with Gasteiger partial charge in [-0.15, -0.1) is 0 Å². The van der Waals surface area contributed by atoms with E-state index in [1.165, 1.54) is 12.8 Å². The highest BCUT2D eigenvalue weighted by atomic mass is 16.6. The number of aromatic nitrogens is 2. The Kier molecular flexibility index (Phi) is 4.73. The third-order valence-corrected chi connectivity index (χ3v) is 7.22. The Hall–Kier alpha value is -2.83. The SMILES string of the molecule is C[C@H]1CN(C(=O)OC2CCCC2)c2cc(-c3cnn(C4CC4)c3)ccc2N1C(=O)C1CC1. The van der Waals surface area contributed by atoms with Gasteiger partial charge in [0, 0.05) is 24.2 Å². The molecule has 1 aromatic carbocycles. The molecule has 2 aromatic rings. The minimum absolute atomic E-state index is 0.00679. The van der Waals surface area contributed by atoms with Crippen LogP contribution in [0.4, 0.5) is 16.2 Å². The summed E-state index contributed by atoms with van der Waals surface area (Å²) in [5, 5.41) is 4.52. The zero-order chi connectivity index (χ0) is 21.8. The Morgan fingerprint density at radius 1 is 1.00 bits per heavy atom. The van der Waals surface area contributed by atoms with Gasteiger partial charge in [0.1, 0.15) is 6.10 Å². The largest absolute Gasteiger partial charge is 0.446 e. The van der Waals surface area contributed by atoms with E-state index in [0.717, 1.165) is 61.0 Å². The van der Waals surface area contributed by atoms with Gasteiger partial charge in [-0.3, -0.25) is 14.4 Å². The monoisotopic (exact) mass is 434 g/mol. The molecule has 0 N–H and O–H groups in total. The van der Waals surface area contributed by atoms with Crippen molar-refractivity contribution in [3.05, 3.63) is 30.6 Å². The van der Waals surface area contributed by atoms with E-state index in [4.69, 9.17) is 4.74 Å². The number of fused-ring (bicyclic) bond motifs is 1. The van der Waals surface area contributed by atoms with Crippen LogP contribution in [0.15, 0.2) is 30.6 Å². The van der Waals surface area contributed by atoms with Crippen LogP contribution < -0.4 is 9.80 Å². The van der Waals surface area contributed by atoms with Crippen molar-refractivity contribution in [2.45, 2.75) is 76.5 Å². The zero-order valence-corrected chi connectivity index (χ0v) is 18.6. The maximum atomic E-state index is 13.2. The van der Waals surface area contributed by atoms with Gasteiger partial charge in [0.25, 0.3) is 0 Å². The summed E-state index contributed by atoms with van der Waals surface area (Å²) < 4.78 is 7.90. The van der Waals surface area contributed by atoms with Gasteiger partial charge < -0.3 is 9.64 Å². The summed E-state index contributed by atoms with van der Waals surface area (Å²) in [5.74, 6) is 0.301. The second-order valence-corrected chi connectivity index (χ2v) is 9.88. The third kappa shape index (κ3) is 3.57. The van der Waals surface area contributed by atoms with Crippen molar-refractivity contribution >= 4 is 23.4 Å². The zero-order valence-electron chi connectivity index (χ0n) is 18.6. The van der Waals surface area contributed by atoms with Gasteiger partial charge in [-0.25, -0.2) is 4.79 Å². The molecule has 2 heterocycles. The summed E-state index contributed by atoms with van der Waals surface area (Å²) in [7, 11) is 0. The van der Waals surface area contributed by atoms with E-state index in [-0.39, 0.29) is 30.1 Å². The van der Waals surface area contributed by atoms with Crippen LogP contribution >= 0.6 is 0 Å². The Bertz CT molecular complexity index is 1050. The van der Waals surface area contributed by atoms with Gasteiger partial charge in [-0.05, 0) is 76.0 Å². The Balaban J connectivity index is 1.36. The molecule has 0 saturated heterocycles. The van der Waals surface area contributed by atoms with Gasteiger partial charge in [0.2, 0.25) is 5.91 Å². The third-order valence-electron chi connectivity index (χ3n) is 7.22. The first-order chi connectivity index (χ1) is 15.6. The molecule has 7 nitrogen and oxygen atoms in total. The standard InChI is InChI=1S/C25H30N4O3/c1-16-14-27(25(31)32-21-4-2-3-5-21)23-12-18(19-13-26-28(15-19)20-9-10-20)8-11-22(23)29(16)24(30)17-6-7-17/h8,11-13,15-17,20-21H,2-7,9-10,14H2,1H3/t16-/m0/s1. The van der Waals surface area contributed by atoms with Crippen LogP contribution in [0.2, 0.25) is 0 Å². The molecule has 0 unspecified atom stereocenters. The summed E-state index contributed by atoms with van der Waals surface area (Å²) in [6.07, 6.45) is 12.1. The molecule has 168 valence electrons. The summed E-state index contributed by atoms with van der Waals surface area (Å²) in [6.45, 7) is 2.47. The Labute approximate surface area is 188 Å². The molecule has 32 heavy (non-hydrogen) atoms. The Morgan fingerprint density at radius 2 is 1.78 bits per heavy atom. The summed E-state index contributed by atoms with van der Waals surface area (Å²) in [4.78, 5) is 30.0. The van der Waals surface area contributed by atoms with Crippen LogP contribution in [0.5, 0.6) is 0 Å². The van der Waals surface area contributed by atoms with Crippen molar-refractivity contribution in [3.63, 3.8) is 0 Å². The molecule has 1 atom stereocenters. The van der Waals surface area contributed by atoms with Gasteiger partial charge in [0.15, 0.2) is 0 Å². The molecule has 6 rings (SSSR count). The molecule has 3 saturated carbocycles. The molecular weight excluding hydrogens is 404 g/mol. The number of ether oxygens (including phenoxy) is 1. The number of rotatable bonds is 4. The molecule has 1 aromatic heterocycles. The molecule has 0 radical (unpaired) electrons. The van der Waals surface area contributed by atoms with Crippen LogP contribution in [0.1, 0.15) is 64.3 Å². The highest BCUT2D eigenvalue weighted by Gasteiger charge is 2.41. The lowest BCUT2D eigenvalue weighted by Gasteiger charge is -2.41. The van der Waals surface area contributed by atoms with E-state index < -0.39 is 0 Å². The summed E-state index contributed by atoms with van der Waals surface area (Å²) in [6, 6.07) is 6.49. The first-order valence-electron chi connectivity index (χ1n) is 12.1. The highest BCUT2D eigenvalue weighted by Crippen LogP contribution is 2.43. The topological polar surface area (TPSA) is 67.7 Å². The fourth-order valence-corrected chi connectivity index (χ4v) is 5.08. The first-order valence-corrected chi connectivity index (χ1v) is 12.1. The van der Waals surface area contributed by atoms with Crippen LogP contribution in [-0.4, -0.2) is 40.5 Å². The second-order valence-electron chi connectivity index (χ2n) is 9.88. The number of hydrogen-bond donors (Lipinski definition) is 0. The van der Waals surface area contributed by atoms with Gasteiger partial charge in [0.05, 0.1) is 29.7 Å². The van der Waals surface area contributed by atoms with Gasteiger partial charge in [-0.2, -0.15) is 5.10 Å². The molecule has 3 aliphatic carbocycles. The van der Waals surface area contributed by atoms with Crippen molar-refractivity contribution in [2.24, 2.45) is 5.92 Å². The number of nitrogens with zero attached hydrogens (tertiary/aromatic N) is 4. The van der Waals surface area contributed by atoms with Crippen LogP contribution in [0.3, 0.4) is 0 Å². The number of anilines is 2. The average molecular weight is 435 g/mol. The van der Waals surface area contributed by atoms with Crippen molar-refractivity contribution < 1.29 is 14.3 Å². The van der Waals surface area contributed by atoms with Crippen LogP contribution in [0.25, 0.3) is 11.1 Å². The average Bonchev–Trinajstić information content (AvgIpc) is 3.72. The maximum absolute atomic E-state index is 13.2. The van der Waals surface area contributed by atoms with E-state index in [9.17, 15) is 9.59 Å². The number of carbonyl (C=O) groups excluding carboxylic acids is 2. The lowest BCUT2D eigenvalue weighted by Crippen LogP contribution is -2.52. The Morgan fingerprint density at radius 3 is 2.50 bits per heavy atom. The minimum Gasteiger partial charge on any atom is -0.446 e. The fraction of sp³-hybridized carbons (Fsp3) is 0.560. The summed E-state index contributed by atoms with van der Waals surface area (Å²) in [5.41, 5.74) is 3.60. The molecule has 3 fully saturated rings. The molecule has 0 bridgehead atoms. The minimum atomic E-state index is -0.297. The quantitative estimate of drug-likeness (QED) is 0.685. The molecule has 7 heteroatoms. The second kappa shape index (κ2) is 7.64. The lowest BCUT2D eigenvalue weighted by atomic mass is 10.0. The van der Waals surface area contributed by atoms with E-state index >= 15 is 0 Å². The van der Waals surface area contributed by atoms with Gasteiger partial charge >= 0.3 is 6.09 Å². The molecule has 4 aliphatic rings. The molecular formula is C25H30N4O3. The maximum Gasteiger partial charge on any atom is 0.414 e. The number of carbonyl (C=O) groups is 2. The summed E-state index contributed by atoms with van der Waals surface area (Å²) >= 11 is 0. The van der Waals surface area contributed by atoms with Crippen LogP contribution in [0, 0.1) is 5.92 Å². The first kappa shape index (κ1) is 19.8. The van der Waals surface area contributed by atoms with Crippen molar-refractivity contribution in [1.29, 1.82) is 0 Å². The normalized spacial score (nSPS) is 23.3. The van der Waals surface area contributed by atoms with Crippen molar-refractivity contribution in [3.8, 4) is 11.1 Å². The number of hydrogen-bond acceptors (Lipinski definition) is 4. The van der Waals surface area contributed by atoms with Gasteiger partial charge in [-0.1, -0.05) is 6.07 Å². The predicted molar refractivity (Wildman–Crippen MR) is 122 cm³/mol. The molecule has 0 spiro atoms. The van der Waals surface area contributed by atoms with E-state index in [1.807, 2.05) is 40.9 Å². The van der Waals surface area contributed by atoms with E-state index in [2.05, 4.69) is 11.3 Å². The van der Waals surface area contributed by atoms with Crippen molar-refractivity contribution in [2.75, 3.05) is 16.3 Å². The highest BCUT2D eigenvalue weighted by molar-refractivity contribution is 6.05. The van der Waals surface area contributed by atoms with E-state index in [0.29, 0.717) is 12.6 Å². The fourth-order valence-electron chi connectivity index (χ4n) is 5.08. The molecule has 2 amide bonds. The molecule has 1 aliphatic heterocycles. The van der Waals surface area contributed by atoms with E-state index in [1.54, 1.807) is 4.90 Å². The predicted octanol–water partition coefficient (Wildman–Crippen LogP) is 4.92. The van der Waals surface area contributed by atoms with Crippen LogP contribution in [-0.2, 0) is 9.53 Å². The smallest absolute Gasteiger partial charge is 0.414 e. The number of benzene rings is 1. The lowest BCUT2D eigenvalue weighted by molar-refractivity contribution is -0.120.